The molecule has 0 unspecified atom stereocenters. The van der Waals surface area contributed by atoms with Crippen molar-refractivity contribution in [2.45, 2.75) is 13.0 Å². The second-order valence-electron chi connectivity index (χ2n) is 3.94. The second kappa shape index (κ2) is 4.24. The van der Waals surface area contributed by atoms with E-state index >= 15 is 0 Å². The summed E-state index contributed by atoms with van der Waals surface area (Å²) in [4.78, 5) is 4.36. The summed E-state index contributed by atoms with van der Waals surface area (Å²) in [5.74, 6) is 2.65. The van der Waals surface area contributed by atoms with Crippen molar-refractivity contribution >= 4 is 34.3 Å². The van der Waals surface area contributed by atoms with Gasteiger partial charge in [-0.2, -0.15) is 10.1 Å². The van der Waals surface area contributed by atoms with Gasteiger partial charge in [-0.3, -0.25) is 5.10 Å². The first kappa shape index (κ1) is 10.9. The van der Waals surface area contributed by atoms with Gasteiger partial charge in [0.15, 0.2) is 5.65 Å². The summed E-state index contributed by atoms with van der Waals surface area (Å²) in [5, 5.41) is 8.07. The lowest BCUT2D eigenvalue weighted by Crippen LogP contribution is -1.99. The molecular formula is C13H10N4S. The first-order chi connectivity index (χ1) is 8.81. The first-order valence-corrected chi connectivity index (χ1v) is 5.99. The molecular weight excluding hydrogens is 244 g/mol. The molecule has 0 atom stereocenters. The van der Waals surface area contributed by atoms with Crippen molar-refractivity contribution in [3.63, 3.8) is 0 Å². The highest BCUT2D eigenvalue weighted by atomic mass is 32.1. The van der Waals surface area contributed by atoms with E-state index in [-0.39, 0.29) is 0 Å². The Kier molecular flexibility index (Phi) is 2.58. The van der Waals surface area contributed by atoms with Gasteiger partial charge in [-0.1, -0.05) is 18.2 Å². The summed E-state index contributed by atoms with van der Waals surface area (Å²) in [6.45, 7) is 0.716. The third kappa shape index (κ3) is 1.59. The van der Waals surface area contributed by atoms with Gasteiger partial charge >= 0.3 is 0 Å². The van der Waals surface area contributed by atoms with Crippen LogP contribution in [0.4, 0.5) is 0 Å². The number of nitrogens with one attached hydrogen (secondary N) is 1. The molecule has 0 bridgehead atoms. The van der Waals surface area contributed by atoms with Crippen LogP contribution in [0.3, 0.4) is 0 Å². The van der Waals surface area contributed by atoms with E-state index < -0.39 is 0 Å². The molecule has 1 N–H and O–H groups in total. The van der Waals surface area contributed by atoms with Crippen LogP contribution in [0.2, 0.25) is 0 Å². The first-order valence-electron chi connectivity index (χ1n) is 5.58. The van der Waals surface area contributed by atoms with Crippen molar-refractivity contribution in [2.75, 3.05) is 0 Å². The molecule has 3 aromatic rings. The Morgan fingerprint density at radius 2 is 2.22 bits per heavy atom. The molecule has 4 nitrogen and oxygen atoms in total. The van der Waals surface area contributed by atoms with Gasteiger partial charge < -0.3 is 4.57 Å². The molecule has 18 heavy (non-hydrogen) atoms. The molecule has 0 radical (unpaired) electrons. The van der Waals surface area contributed by atoms with Crippen molar-refractivity contribution in [2.24, 2.45) is 0 Å². The van der Waals surface area contributed by atoms with Crippen molar-refractivity contribution in [1.29, 1.82) is 0 Å². The number of H-pyrrole nitrogens is 1. The van der Waals surface area contributed by atoms with E-state index in [1.54, 1.807) is 0 Å². The number of para-hydroxylation sites is 1. The number of rotatable bonds is 2. The number of aromatic nitrogens is 4. The number of aryl methyl sites for hydroxylation is 1. The molecule has 2 aromatic heterocycles. The maximum absolute atomic E-state index is 5.34. The van der Waals surface area contributed by atoms with Crippen molar-refractivity contribution in [3.8, 4) is 12.3 Å². The Morgan fingerprint density at radius 3 is 3.06 bits per heavy atom. The van der Waals surface area contributed by atoms with E-state index in [1.165, 1.54) is 0 Å². The molecule has 0 aliphatic rings. The van der Waals surface area contributed by atoms with Crippen LogP contribution in [0.1, 0.15) is 6.42 Å². The van der Waals surface area contributed by atoms with E-state index in [9.17, 15) is 0 Å². The maximum Gasteiger partial charge on any atom is 0.215 e. The minimum atomic E-state index is 0.382. The fourth-order valence-corrected chi connectivity index (χ4v) is 2.25. The number of benzene rings is 1. The zero-order valence-corrected chi connectivity index (χ0v) is 10.4. The number of hydrogen-bond donors (Lipinski definition) is 1. The number of nitrogens with zero attached hydrogens (tertiary/aromatic N) is 3. The standard InChI is InChI=1S/C13H10N4S/c1-2-3-8-17-10-7-5-4-6-9(10)11-12(17)14-13(18)16-15-11/h1,4-7H,3,8H2,(H,14,16,18). The van der Waals surface area contributed by atoms with Crippen LogP contribution in [0.25, 0.3) is 22.1 Å². The Labute approximate surface area is 109 Å². The SMILES string of the molecule is C#CCCn1c2ccccc2c2n[nH]c(=S)nc21. The third-order valence-corrected chi connectivity index (χ3v) is 3.05. The van der Waals surface area contributed by atoms with Crippen LogP contribution in [0, 0.1) is 17.1 Å². The highest BCUT2D eigenvalue weighted by Crippen LogP contribution is 2.25. The molecule has 2 heterocycles. The molecule has 0 aliphatic heterocycles. The topological polar surface area (TPSA) is 46.5 Å². The van der Waals surface area contributed by atoms with Gasteiger partial charge in [-0.15, -0.1) is 12.3 Å². The Hall–Kier alpha value is -2.19. The number of terminal acetylenes is 1. The summed E-state index contributed by atoms with van der Waals surface area (Å²) in [5.41, 5.74) is 2.70. The molecule has 88 valence electrons. The highest BCUT2D eigenvalue weighted by Gasteiger charge is 2.11. The van der Waals surface area contributed by atoms with E-state index in [1.807, 2.05) is 24.3 Å². The van der Waals surface area contributed by atoms with E-state index in [0.29, 0.717) is 17.7 Å². The lowest BCUT2D eigenvalue weighted by molar-refractivity contribution is 0.761. The van der Waals surface area contributed by atoms with Gasteiger partial charge in [0.2, 0.25) is 4.77 Å². The second-order valence-corrected chi connectivity index (χ2v) is 4.32. The average Bonchev–Trinajstić information content (AvgIpc) is 2.70. The third-order valence-electron chi connectivity index (χ3n) is 2.87. The van der Waals surface area contributed by atoms with Crippen LogP contribution >= 0.6 is 12.2 Å². The van der Waals surface area contributed by atoms with Crippen LogP contribution < -0.4 is 0 Å². The van der Waals surface area contributed by atoms with Gasteiger partial charge in [-0.25, -0.2) is 0 Å². The zero-order valence-electron chi connectivity index (χ0n) is 9.55. The summed E-state index contributed by atoms with van der Waals surface area (Å²) in [6.07, 6.45) is 5.99. The number of fused-ring (bicyclic) bond motifs is 3. The summed E-state index contributed by atoms with van der Waals surface area (Å²) in [7, 11) is 0. The van der Waals surface area contributed by atoms with Crippen LogP contribution in [-0.4, -0.2) is 19.7 Å². The van der Waals surface area contributed by atoms with Gasteiger partial charge in [-0.05, 0) is 18.3 Å². The molecule has 0 saturated heterocycles. The summed E-state index contributed by atoms with van der Waals surface area (Å²) < 4.78 is 2.45. The fourth-order valence-electron chi connectivity index (χ4n) is 2.12. The number of hydrogen-bond acceptors (Lipinski definition) is 3. The molecule has 0 saturated carbocycles. The molecule has 0 amide bonds. The van der Waals surface area contributed by atoms with Gasteiger partial charge in [0.25, 0.3) is 0 Å². The minimum absolute atomic E-state index is 0.382. The summed E-state index contributed by atoms with van der Waals surface area (Å²) >= 11 is 5.03. The molecule has 0 spiro atoms. The van der Waals surface area contributed by atoms with Crippen LogP contribution in [-0.2, 0) is 6.54 Å². The molecule has 0 fully saturated rings. The quantitative estimate of drug-likeness (QED) is 0.565. The summed E-state index contributed by atoms with van der Waals surface area (Å²) in [6, 6.07) is 8.04. The van der Waals surface area contributed by atoms with E-state index in [2.05, 4.69) is 25.7 Å². The molecule has 3 rings (SSSR count). The Balaban J connectivity index is 2.43. The zero-order chi connectivity index (χ0) is 12.5. The van der Waals surface area contributed by atoms with Crippen LogP contribution in [0.5, 0.6) is 0 Å². The largest absolute Gasteiger partial charge is 0.323 e. The highest BCUT2D eigenvalue weighted by molar-refractivity contribution is 7.71. The van der Waals surface area contributed by atoms with Crippen molar-refractivity contribution in [3.05, 3.63) is 29.0 Å². The molecule has 1 aromatic carbocycles. The van der Waals surface area contributed by atoms with Gasteiger partial charge in [0.1, 0.15) is 5.52 Å². The van der Waals surface area contributed by atoms with Gasteiger partial charge in [0, 0.05) is 18.4 Å². The normalized spacial score (nSPS) is 10.8. The Morgan fingerprint density at radius 1 is 1.39 bits per heavy atom. The lowest BCUT2D eigenvalue weighted by Gasteiger charge is -2.02. The Bertz CT molecular complexity index is 822. The smallest absolute Gasteiger partial charge is 0.215 e. The predicted octanol–water partition coefficient (Wildman–Crippen LogP) is 2.67. The maximum atomic E-state index is 5.34. The average molecular weight is 254 g/mol. The predicted molar refractivity (Wildman–Crippen MR) is 73.7 cm³/mol. The van der Waals surface area contributed by atoms with Crippen molar-refractivity contribution in [1.82, 2.24) is 19.7 Å². The van der Waals surface area contributed by atoms with Crippen LogP contribution in [0.15, 0.2) is 24.3 Å². The van der Waals surface area contributed by atoms with Crippen molar-refractivity contribution < 1.29 is 0 Å². The molecule has 0 aliphatic carbocycles. The molecule has 5 heteroatoms. The lowest BCUT2D eigenvalue weighted by atomic mass is 10.2. The fraction of sp³-hybridized carbons (Fsp3) is 0.154. The number of aromatic amines is 1. The minimum Gasteiger partial charge on any atom is -0.323 e. The monoisotopic (exact) mass is 254 g/mol. The van der Waals surface area contributed by atoms with Gasteiger partial charge in [0.05, 0.1) is 5.52 Å². The van der Waals surface area contributed by atoms with E-state index in [0.717, 1.165) is 22.1 Å². The van der Waals surface area contributed by atoms with E-state index in [4.69, 9.17) is 18.6 Å².